The summed E-state index contributed by atoms with van der Waals surface area (Å²) in [5.41, 5.74) is 6.01. The van der Waals surface area contributed by atoms with Gasteiger partial charge in [-0.3, -0.25) is 0 Å². The van der Waals surface area contributed by atoms with Gasteiger partial charge in [0.15, 0.2) is 0 Å². The second-order valence-electron chi connectivity index (χ2n) is 7.98. The Hall–Kier alpha value is -2.10. The van der Waals surface area contributed by atoms with Gasteiger partial charge in [0.1, 0.15) is 6.23 Å². The normalized spacial score (nSPS) is 21.4. The fourth-order valence-corrected chi connectivity index (χ4v) is 5.10. The minimum Gasteiger partial charge on any atom is -0.353 e. The molecule has 1 aromatic heterocycles. The number of imidazole rings is 1. The molecule has 5 rings (SSSR count). The molecular formula is C24H27ClN2O. The quantitative estimate of drug-likeness (QED) is 0.554. The molecule has 1 heterocycles. The number of nitrogens with zero attached hydrogens (tertiary/aromatic N) is 2. The molecule has 0 unspecified atom stereocenters. The number of halogens is 1. The summed E-state index contributed by atoms with van der Waals surface area (Å²) in [7, 11) is 0. The summed E-state index contributed by atoms with van der Waals surface area (Å²) in [4.78, 5) is 4.28. The minimum atomic E-state index is 0. The van der Waals surface area contributed by atoms with Crippen molar-refractivity contribution in [2.45, 2.75) is 50.9 Å². The Morgan fingerprint density at radius 3 is 2.75 bits per heavy atom. The first-order valence-corrected chi connectivity index (χ1v) is 10.1. The van der Waals surface area contributed by atoms with Crippen LogP contribution in [0, 0.1) is 5.92 Å². The predicted molar refractivity (Wildman–Crippen MR) is 114 cm³/mol. The molecule has 146 valence electrons. The van der Waals surface area contributed by atoms with Crippen molar-refractivity contribution in [3.63, 3.8) is 0 Å². The molecule has 3 atom stereocenters. The summed E-state index contributed by atoms with van der Waals surface area (Å²) >= 11 is 0. The van der Waals surface area contributed by atoms with Gasteiger partial charge < -0.3 is 9.30 Å². The van der Waals surface area contributed by atoms with E-state index in [2.05, 4.69) is 58.1 Å². The molecule has 0 amide bonds. The van der Waals surface area contributed by atoms with Crippen LogP contribution < -0.4 is 0 Å². The van der Waals surface area contributed by atoms with Crippen molar-refractivity contribution in [2.24, 2.45) is 5.92 Å². The molecule has 2 aliphatic rings. The molecule has 3 aromatic rings. The molecule has 0 spiro atoms. The average molecular weight is 395 g/mol. The first-order valence-electron chi connectivity index (χ1n) is 10.1. The second kappa shape index (κ2) is 8.50. The Kier molecular flexibility index (Phi) is 5.84. The summed E-state index contributed by atoms with van der Waals surface area (Å²) in [6.07, 6.45) is 12.0. The van der Waals surface area contributed by atoms with Crippen LogP contribution in [0.25, 0.3) is 0 Å². The van der Waals surface area contributed by atoms with E-state index >= 15 is 0 Å². The molecule has 3 nitrogen and oxygen atoms in total. The van der Waals surface area contributed by atoms with Gasteiger partial charge in [-0.05, 0) is 60.3 Å². The maximum absolute atomic E-state index is 6.49. The van der Waals surface area contributed by atoms with Gasteiger partial charge in [0.2, 0.25) is 0 Å². The second-order valence-corrected chi connectivity index (χ2v) is 7.98. The van der Waals surface area contributed by atoms with E-state index in [9.17, 15) is 0 Å². The lowest BCUT2D eigenvalue weighted by atomic mass is 9.69. The molecular weight excluding hydrogens is 368 g/mol. The molecule has 0 bridgehead atoms. The molecule has 0 N–H and O–H groups in total. The zero-order chi connectivity index (χ0) is 18.1. The molecule has 4 heteroatoms. The average Bonchev–Trinajstić information content (AvgIpc) is 3.24. The van der Waals surface area contributed by atoms with Gasteiger partial charge in [-0.1, -0.05) is 48.5 Å². The Morgan fingerprint density at radius 2 is 1.93 bits per heavy atom. The van der Waals surface area contributed by atoms with Gasteiger partial charge in [-0.25, -0.2) is 4.98 Å². The van der Waals surface area contributed by atoms with Crippen molar-refractivity contribution < 1.29 is 4.74 Å². The lowest BCUT2D eigenvalue weighted by Crippen LogP contribution is -2.30. The number of benzene rings is 2. The highest BCUT2D eigenvalue weighted by Crippen LogP contribution is 2.46. The van der Waals surface area contributed by atoms with Gasteiger partial charge >= 0.3 is 0 Å². The Labute approximate surface area is 173 Å². The van der Waals surface area contributed by atoms with E-state index in [1.807, 2.05) is 18.7 Å². The number of ether oxygens (including phenoxy) is 1. The molecule has 0 saturated carbocycles. The fourth-order valence-electron chi connectivity index (χ4n) is 5.10. The van der Waals surface area contributed by atoms with Gasteiger partial charge in [-0.2, -0.15) is 0 Å². The number of hydrogen-bond acceptors (Lipinski definition) is 2. The highest BCUT2D eigenvalue weighted by atomic mass is 35.5. The maximum Gasteiger partial charge on any atom is 0.138 e. The van der Waals surface area contributed by atoms with Crippen LogP contribution >= 0.6 is 12.4 Å². The summed E-state index contributed by atoms with van der Waals surface area (Å²) in [6, 6.07) is 17.4. The van der Waals surface area contributed by atoms with E-state index in [4.69, 9.17) is 4.74 Å². The first-order chi connectivity index (χ1) is 13.4. The van der Waals surface area contributed by atoms with Crippen molar-refractivity contribution in [3.8, 4) is 0 Å². The highest BCUT2D eigenvalue weighted by molar-refractivity contribution is 5.85. The summed E-state index contributed by atoms with van der Waals surface area (Å²) in [5.74, 6) is 1.17. The Balaban J connectivity index is 0.00000192. The number of aromatic nitrogens is 2. The van der Waals surface area contributed by atoms with Gasteiger partial charge in [0.25, 0.3) is 0 Å². The minimum absolute atomic E-state index is 0. The van der Waals surface area contributed by atoms with Crippen LogP contribution in [0.15, 0.2) is 67.3 Å². The summed E-state index contributed by atoms with van der Waals surface area (Å²) < 4.78 is 8.65. The van der Waals surface area contributed by atoms with Crippen LogP contribution in [-0.2, 0) is 24.2 Å². The SMILES string of the molecule is Cl.c1ccc(CO[C@H]([C@H]2Cc3cccc4c3[C@H](CCC4)C2)n2ccnc2)cc1. The lowest BCUT2D eigenvalue weighted by Gasteiger charge is -2.39. The Morgan fingerprint density at radius 1 is 1.07 bits per heavy atom. The van der Waals surface area contributed by atoms with Gasteiger partial charge in [0.05, 0.1) is 12.9 Å². The molecule has 2 aliphatic carbocycles. The molecule has 0 fully saturated rings. The van der Waals surface area contributed by atoms with Crippen LogP contribution in [0.4, 0.5) is 0 Å². The monoisotopic (exact) mass is 394 g/mol. The smallest absolute Gasteiger partial charge is 0.138 e. The predicted octanol–water partition coefficient (Wildman–Crippen LogP) is 5.70. The topological polar surface area (TPSA) is 27.1 Å². The third-order valence-corrected chi connectivity index (χ3v) is 6.25. The van der Waals surface area contributed by atoms with Crippen molar-refractivity contribution in [1.82, 2.24) is 9.55 Å². The molecule has 0 radical (unpaired) electrons. The number of rotatable bonds is 5. The summed E-state index contributed by atoms with van der Waals surface area (Å²) in [5, 5.41) is 0. The van der Waals surface area contributed by atoms with Crippen LogP contribution in [-0.4, -0.2) is 9.55 Å². The van der Waals surface area contributed by atoms with Crippen molar-refractivity contribution in [3.05, 3.63) is 89.5 Å². The van der Waals surface area contributed by atoms with E-state index in [1.54, 1.807) is 16.7 Å². The van der Waals surface area contributed by atoms with Gasteiger partial charge in [-0.15, -0.1) is 12.4 Å². The molecule has 2 aromatic carbocycles. The van der Waals surface area contributed by atoms with Crippen LogP contribution in [0.5, 0.6) is 0 Å². The fraction of sp³-hybridized carbons (Fsp3) is 0.375. The van der Waals surface area contributed by atoms with E-state index in [-0.39, 0.29) is 18.6 Å². The van der Waals surface area contributed by atoms with Crippen LogP contribution in [0.2, 0.25) is 0 Å². The van der Waals surface area contributed by atoms with E-state index < -0.39 is 0 Å². The standard InChI is InChI=1S/C24H26N2O.ClH/c1-2-6-18(7-3-1)16-27-24(26-13-12-25-17-26)22-14-20-10-4-8-19-9-5-11-21(15-22)23(19)20;/h1-4,6-8,10,12-13,17,21-22,24H,5,9,11,14-16H2;1H/t21-,22+,24-;/m1./s1. The highest BCUT2D eigenvalue weighted by Gasteiger charge is 2.35. The van der Waals surface area contributed by atoms with Crippen molar-refractivity contribution >= 4 is 12.4 Å². The number of aryl methyl sites for hydroxylation is 1. The molecule has 0 aliphatic heterocycles. The van der Waals surface area contributed by atoms with Crippen LogP contribution in [0.3, 0.4) is 0 Å². The lowest BCUT2D eigenvalue weighted by molar-refractivity contribution is -0.0566. The Bertz CT molecular complexity index is 894. The first kappa shape index (κ1) is 19.2. The zero-order valence-electron chi connectivity index (χ0n) is 16.0. The summed E-state index contributed by atoms with van der Waals surface area (Å²) in [6.45, 7) is 0.637. The van der Waals surface area contributed by atoms with Crippen molar-refractivity contribution in [2.75, 3.05) is 0 Å². The van der Waals surface area contributed by atoms with Crippen molar-refractivity contribution in [1.29, 1.82) is 0 Å². The largest absolute Gasteiger partial charge is 0.353 e. The van der Waals surface area contributed by atoms with Crippen LogP contribution in [0.1, 0.15) is 53.7 Å². The van der Waals surface area contributed by atoms with E-state index in [0.29, 0.717) is 18.4 Å². The van der Waals surface area contributed by atoms with E-state index in [0.717, 1.165) is 6.42 Å². The van der Waals surface area contributed by atoms with Gasteiger partial charge in [0, 0.05) is 18.3 Å². The molecule has 28 heavy (non-hydrogen) atoms. The number of hydrogen-bond donors (Lipinski definition) is 0. The zero-order valence-corrected chi connectivity index (χ0v) is 16.9. The third kappa shape index (κ3) is 3.74. The molecule has 0 saturated heterocycles. The third-order valence-electron chi connectivity index (χ3n) is 6.25. The maximum atomic E-state index is 6.49. The van der Waals surface area contributed by atoms with E-state index in [1.165, 1.54) is 31.2 Å².